The van der Waals surface area contributed by atoms with Gasteiger partial charge in [-0.1, -0.05) is 53.2 Å². The molecular formula is C29H33ClN4O5S. The Bertz CT molecular complexity index is 1380. The van der Waals surface area contributed by atoms with Crippen molar-refractivity contribution in [3.8, 4) is 0 Å². The second-order valence-corrected chi connectivity index (χ2v) is 12.4. The van der Waals surface area contributed by atoms with Crippen molar-refractivity contribution in [2.45, 2.75) is 63.6 Å². The number of aromatic nitrogens is 1. The van der Waals surface area contributed by atoms with E-state index in [1.54, 1.807) is 13.0 Å². The van der Waals surface area contributed by atoms with E-state index < -0.39 is 34.7 Å². The smallest absolute Gasteiger partial charge is 0.273 e. The van der Waals surface area contributed by atoms with Gasteiger partial charge >= 0.3 is 0 Å². The molecule has 1 fully saturated rings. The number of carbonyl (C=O) groups is 3. The minimum Gasteiger partial charge on any atom is -0.381 e. The van der Waals surface area contributed by atoms with Gasteiger partial charge < -0.3 is 25.2 Å². The fourth-order valence-corrected chi connectivity index (χ4v) is 6.08. The molecule has 3 atom stereocenters. The second kappa shape index (κ2) is 12.4. The van der Waals surface area contributed by atoms with Gasteiger partial charge in [-0.05, 0) is 62.9 Å². The SMILES string of the molecule is Cc1cc(C(=O)N[C@@H](Cc2ccccc2)[C@H](O)C(=O)N2CSC(C)(C)[C@H]2C(=O)NCc2ccc(Cl)cc2C)no1. The molecule has 1 aromatic heterocycles. The van der Waals surface area contributed by atoms with Crippen LogP contribution in [0.5, 0.6) is 0 Å². The third-order valence-corrected chi connectivity index (χ3v) is 8.55. The number of thioether (sulfide) groups is 1. The Morgan fingerprint density at radius 3 is 2.55 bits per heavy atom. The first-order valence-electron chi connectivity index (χ1n) is 12.9. The van der Waals surface area contributed by atoms with Crippen molar-refractivity contribution >= 4 is 41.1 Å². The molecule has 0 spiro atoms. The van der Waals surface area contributed by atoms with E-state index in [9.17, 15) is 19.5 Å². The van der Waals surface area contributed by atoms with Crippen molar-refractivity contribution < 1.29 is 24.0 Å². The average Bonchev–Trinajstić information content (AvgIpc) is 3.49. The average molecular weight is 585 g/mol. The van der Waals surface area contributed by atoms with Gasteiger partial charge in [0.2, 0.25) is 5.91 Å². The molecule has 0 radical (unpaired) electrons. The number of rotatable bonds is 9. The number of aliphatic hydroxyl groups excluding tert-OH is 1. The number of nitrogens with one attached hydrogen (secondary N) is 2. The lowest BCUT2D eigenvalue weighted by atomic mass is 9.97. The molecule has 2 heterocycles. The summed E-state index contributed by atoms with van der Waals surface area (Å²) in [5.74, 6) is -0.867. The highest BCUT2D eigenvalue weighted by atomic mass is 35.5. The molecule has 11 heteroatoms. The molecule has 0 unspecified atom stereocenters. The summed E-state index contributed by atoms with van der Waals surface area (Å²) in [6, 6.07) is 14.3. The molecule has 2 aromatic carbocycles. The van der Waals surface area contributed by atoms with E-state index in [1.165, 1.54) is 22.7 Å². The second-order valence-electron chi connectivity index (χ2n) is 10.4. The molecular weight excluding hydrogens is 552 g/mol. The molecule has 1 aliphatic heterocycles. The predicted molar refractivity (Wildman–Crippen MR) is 154 cm³/mol. The lowest BCUT2D eigenvalue weighted by molar-refractivity contribution is -0.147. The van der Waals surface area contributed by atoms with Crippen molar-refractivity contribution in [1.29, 1.82) is 0 Å². The van der Waals surface area contributed by atoms with E-state index in [4.69, 9.17) is 16.1 Å². The molecule has 0 aliphatic carbocycles. The number of nitrogens with zero attached hydrogens (tertiary/aromatic N) is 2. The summed E-state index contributed by atoms with van der Waals surface area (Å²) >= 11 is 7.51. The van der Waals surface area contributed by atoms with Crippen LogP contribution in [-0.4, -0.2) is 61.7 Å². The topological polar surface area (TPSA) is 125 Å². The number of hydrogen-bond acceptors (Lipinski definition) is 7. The van der Waals surface area contributed by atoms with E-state index in [1.807, 2.05) is 63.2 Å². The van der Waals surface area contributed by atoms with Crippen molar-refractivity contribution in [3.63, 3.8) is 0 Å². The summed E-state index contributed by atoms with van der Waals surface area (Å²) in [5.41, 5.74) is 2.72. The first-order valence-corrected chi connectivity index (χ1v) is 14.3. The van der Waals surface area contributed by atoms with Crippen LogP contribution in [0.1, 0.15) is 46.8 Å². The molecule has 4 rings (SSSR count). The summed E-state index contributed by atoms with van der Waals surface area (Å²) in [5, 5.41) is 21.4. The van der Waals surface area contributed by atoms with Gasteiger partial charge in [-0.2, -0.15) is 0 Å². The molecule has 9 nitrogen and oxygen atoms in total. The van der Waals surface area contributed by atoms with Crippen molar-refractivity contribution in [1.82, 2.24) is 20.7 Å². The highest BCUT2D eigenvalue weighted by Crippen LogP contribution is 2.40. The van der Waals surface area contributed by atoms with Gasteiger partial charge in [0.05, 0.1) is 11.9 Å². The highest BCUT2D eigenvalue weighted by molar-refractivity contribution is 8.00. The van der Waals surface area contributed by atoms with E-state index in [0.29, 0.717) is 10.8 Å². The van der Waals surface area contributed by atoms with Crippen LogP contribution in [0.2, 0.25) is 5.02 Å². The number of halogens is 1. The monoisotopic (exact) mass is 584 g/mol. The molecule has 1 saturated heterocycles. The Kier molecular flexibility index (Phi) is 9.22. The van der Waals surface area contributed by atoms with Gasteiger partial charge in [-0.15, -0.1) is 11.8 Å². The standard InChI is InChI=1S/C29H33ClN4O5S/c1-17-12-21(30)11-10-20(17)15-31-27(37)25-29(3,4)40-16-34(25)28(38)24(35)22(14-19-8-6-5-7-9-19)32-26(36)23-13-18(2)39-33-23/h5-13,22,24-25,35H,14-16H2,1-4H3,(H,31,37)(H,32,36)/t22-,24-,25+/m0/s1. The maximum absolute atomic E-state index is 13.8. The summed E-state index contributed by atoms with van der Waals surface area (Å²) in [4.78, 5) is 41.5. The van der Waals surface area contributed by atoms with Crippen LogP contribution in [0.15, 0.2) is 59.1 Å². The van der Waals surface area contributed by atoms with Crippen LogP contribution in [0.3, 0.4) is 0 Å². The molecule has 3 amide bonds. The zero-order valence-electron chi connectivity index (χ0n) is 22.8. The molecule has 3 N–H and O–H groups in total. The Morgan fingerprint density at radius 2 is 1.90 bits per heavy atom. The lowest BCUT2D eigenvalue weighted by Crippen LogP contribution is -2.58. The van der Waals surface area contributed by atoms with Gasteiger partial charge in [0.25, 0.3) is 11.8 Å². The zero-order valence-corrected chi connectivity index (χ0v) is 24.4. The Labute approximate surface area is 242 Å². The number of benzene rings is 2. The number of aliphatic hydroxyl groups is 1. The molecule has 0 bridgehead atoms. The lowest BCUT2D eigenvalue weighted by Gasteiger charge is -2.33. The van der Waals surface area contributed by atoms with E-state index >= 15 is 0 Å². The van der Waals surface area contributed by atoms with E-state index in [2.05, 4.69) is 15.8 Å². The van der Waals surface area contributed by atoms with Gasteiger partial charge in [0.15, 0.2) is 11.8 Å². The number of carbonyl (C=O) groups excluding carboxylic acids is 3. The molecule has 0 saturated carbocycles. The van der Waals surface area contributed by atoms with Crippen LogP contribution >= 0.6 is 23.4 Å². The Morgan fingerprint density at radius 1 is 1.18 bits per heavy atom. The summed E-state index contributed by atoms with van der Waals surface area (Å²) in [7, 11) is 0. The van der Waals surface area contributed by atoms with Crippen LogP contribution < -0.4 is 10.6 Å². The maximum atomic E-state index is 13.8. The van der Waals surface area contributed by atoms with Gasteiger partial charge in [0, 0.05) is 22.4 Å². The highest BCUT2D eigenvalue weighted by Gasteiger charge is 2.49. The predicted octanol–water partition coefficient (Wildman–Crippen LogP) is 3.64. The van der Waals surface area contributed by atoms with Crippen LogP contribution in [0, 0.1) is 13.8 Å². The fourth-order valence-electron chi connectivity index (χ4n) is 4.72. The molecule has 40 heavy (non-hydrogen) atoms. The van der Waals surface area contributed by atoms with Gasteiger partial charge in [0.1, 0.15) is 11.8 Å². The summed E-state index contributed by atoms with van der Waals surface area (Å²) < 4.78 is 4.40. The summed E-state index contributed by atoms with van der Waals surface area (Å²) in [6.07, 6.45) is -1.42. The number of aryl methyl sites for hydroxylation is 2. The first kappa shape index (κ1) is 29.6. The van der Waals surface area contributed by atoms with Crippen molar-refractivity contribution in [2.24, 2.45) is 0 Å². The number of amides is 3. The molecule has 3 aromatic rings. The Balaban J connectivity index is 1.53. The van der Waals surface area contributed by atoms with E-state index in [0.717, 1.165) is 16.7 Å². The quantitative estimate of drug-likeness (QED) is 0.351. The van der Waals surface area contributed by atoms with Gasteiger partial charge in [-0.3, -0.25) is 14.4 Å². The first-order chi connectivity index (χ1) is 19.0. The molecule has 212 valence electrons. The minimum atomic E-state index is -1.61. The zero-order chi connectivity index (χ0) is 29.0. The van der Waals surface area contributed by atoms with Gasteiger partial charge in [-0.25, -0.2) is 0 Å². The van der Waals surface area contributed by atoms with Crippen molar-refractivity contribution in [3.05, 3.63) is 87.8 Å². The van der Waals surface area contributed by atoms with Crippen molar-refractivity contribution in [2.75, 3.05) is 5.88 Å². The summed E-state index contributed by atoms with van der Waals surface area (Å²) in [6.45, 7) is 7.64. The fraction of sp³-hybridized carbons (Fsp3) is 0.379. The Hall–Kier alpha value is -3.34. The third kappa shape index (κ3) is 6.86. The van der Waals surface area contributed by atoms with Crippen LogP contribution in [0.4, 0.5) is 0 Å². The minimum absolute atomic E-state index is 0.0443. The largest absolute Gasteiger partial charge is 0.381 e. The maximum Gasteiger partial charge on any atom is 0.273 e. The third-order valence-electron chi connectivity index (χ3n) is 6.94. The van der Waals surface area contributed by atoms with Crippen LogP contribution in [0.25, 0.3) is 0 Å². The number of hydrogen-bond donors (Lipinski definition) is 3. The molecule has 1 aliphatic rings. The van der Waals surface area contributed by atoms with E-state index in [-0.39, 0.29) is 30.4 Å². The van der Waals surface area contributed by atoms with Crippen LogP contribution in [-0.2, 0) is 22.6 Å². The normalized spacial score (nSPS) is 17.8.